The summed E-state index contributed by atoms with van der Waals surface area (Å²) in [5, 5.41) is 0. The van der Waals surface area contributed by atoms with Gasteiger partial charge in [-0.1, -0.05) is 13.8 Å². The molecule has 2 fully saturated rings. The van der Waals surface area contributed by atoms with Crippen molar-refractivity contribution in [2.24, 2.45) is 11.1 Å². The van der Waals surface area contributed by atoms with Crippen molar-refractivity contribution >= 4 is 0 Å². The molecule has 2 aliphatic rings. The number of nitrogens with zero attached hydrogens (tertiary/aromatic N) is 2. The molecule has 2 aliphatic heterocycles. The standard InChI is InChI=1S/C13H27N3O/c1-13(2,10-14)11-15-4-3-12(9-15)16-5-7-17-8-6-16/h12H,3-11,14H2,1-2H3. The van der Waals surface area contributed by atoms with Crippen LogP contribution in [0, 0.1) is 5.41 Å². The normalized spacial score (nSPS) is 28.8. The van der Waals surface area contributed by atoms with Crippen LogP contribution in [-0.4, -0.2) is 68.3 Å². The van der Waals surface area contributed by atoms with Crippen molar-refractivity contribution in [2.75, 3.05) is 52.5 Å². The summed E-state index contributed by atoms with van der Waals surface area (Å²) in [6.45, 7) is 12.9. The molecule has 0 radical (unpaired) electrons. The monoisotopic (exact) mass is 241 g/mol. The molecule has 17 heavy (non-hydrogen) atoms. The van der Waals surface area contributed by atoms with E-state index in [-0.39, 0.29) is 5.41 Å². The van der Waals surface area contributed by atoms with Crippen molar-refractivity contribution in [3.8, 4) is 0 Å². The molecule has 0 aliphatic carbocycles. The SMILES string of the molecule is CC(C)(CN)CN1CCC(N2CCOCC2)C1. The zero-order valence-electron chi connectivity index (χ0n) is 11.3. The summed E-state index contributed by atoms with van der Waals surface area (Å²) in [6.07, 6.45) is 1.31. The summed E-state index contributed by atoms with van der Waals surface area (Å²) in [7, 11) is 0. The fourth-order valence-electron chi connectivity index (χ4n) is 2.87. The smallest absolute Gasteiger partial charge is 0.0594 e. The molecule has 2 saturated heterocycles. The van der Waals surface area contributed by atoms with E-state index in [1.54, 1.807) is 0 Å². The molecule has 4 nitrogen and oxygen atoms in total. The van der Waals surface area contributed by atoms with Crippen LogP contribution in [0.25, 0.3) is 0 Å². The van der Waals surface area contributed by atoms with Crippen LogP contribution in [0.5, 0.6) is 0 Å². The first-order valence-electron chi connectivity index (χ1n) is 6.85. The minimum atomic E-state index is 0.250. The van der Waals surface area contributed by atoms with Crippen LogP contribution in [0.1, 0.15) is 20.3 Å². The first-order valence-corrected chi connectivity index (χ1v) is 6.85. The van der Waals surface area contributed by atoms with E-state index in [1.807, 2.05) is 0 Å². The maximum absolute atomic E-state index is 5.81. The van der Waals surface area contributed by atoms with Crippen LogP contribution in [0.4, 0.5) is 0 Å². The molecule has 0 bridgehead atoms. The molecule has 2 N–H and O–H groups in total. The van der Waals surface area contributed by atoms with Gasteiger partial charge in [0.25, 0.3) is 0 Å². The Bertz CT molecular complexity index is 239. The van der Waals surface area contributed by atoms with Gasteiger partial charge in [-0.05, 0) is 24.9 Å². The number of nitrogens with two attached hydrogens (primary N) is 1. The average molecular weight is 241 g/mol. The second-order valence-corrected chi connectivity index (χ2v) is 6.19. The van der Waals surface area contributed by atoms with E-state index < -0.39 is 0 Å². The number of hydrogen-bond donors (Lipinski definition) is 1. The van der Waals surface area contributed by atoms with Gasteiger partial charge in [0.05, 0.1) is 13.2 Å². The Morgan fingerprint density at radius 1 is 1.24 bits per heavy atom. The van der Waals surface area contributed by atoms with Gasteiger partial charge < -0.3 is 15.4 Å². The molecular formula is C13H27N3O. The highest BCUT2D eigenvalue weighted by atomic mass is 16.5. The van der Waals surface area contributed by atoms with Crippen LogP contribution in [0.2, 0.25) is 0 Å². The second-order valence-electron chi connectivity index (χ2n) is 6.19. The molecule has 0 aromatic heterocycles. The Morgan fingerprint density at radius 3 is 2.59 bits per heavy atom. The van der Waals surface area contributed by atoms with Crippen LogP contribution in [0.15, 0.2) is 0 Å². The fraction of sp³-hybridized carbons (Fsp3) is 1.00. The molecule has 1 atom stereocenters. The van der Waals surface area contributed by atoms with Crippen LogP contribution >= 0.6 is 0 Å². The van der Waals surface area contributed by atoms with E-state index in [9.17, 15) is 0 Å². The molecule has 100 valence electrons. The van der Waals surface area contributed by atoms with E-state index in [1.165, 1.54) is 19.5 Å². The lowest BCUT2D eigenvalue weighted by atomic mass is 9.93. The molecule has 0 aromatic rings. The summed E-state index contributed by atoms with van der Waals surface area (Å²) < 4.78 is 5.41. The predicted octanol–water partition coefficient (Wildman–Crippen LogP) is 0.378. The third-order valence-corrected chi connectivity index (χ3v) is 4.01. The minimum absolute atomic E-state index is 0.250. The lowest BCUT2D eigenvalue weighted by Gasteiger charge is -2.33. The number of likely N-dealkylation sites (tertiary alicyclic amines) is 1. The molecular weight excluding hydrogens is 214 g/mol. The van der Waals surface area contributed by atoms with E-state index in [4.69, 9.17) is 10.5 Å². The van der Waals surface area contributed by atoms with Crippen molar-refractivity contribution < 1.29 is 4.74 Å². The maximum atomic E-state index is 5.81. The Labute approximate surface area is 105 Å². The predicted molar refractivity (Wildman–Crippen MR) is 70.1 cm³/mol. The number of ether oxygens (including phenoxy) is 1. The Morgan fingerprint density at radius 2 is 1.94 bits per heavy atom. The van der Waals surface area contributed by atoms with Gasteiger partial charge in [0.15, 0.2) is 0 Å². The van der Waals surface area contributed by atoms with Gasteiger partial charge in [-0.25, -0.2) is 0 Å². The second kappa shape index (κ2) is 5.65. The minimum Gasteiger partial charge on any atom is -0.379 e. The Balaban J connectivity index is 1.78. The third kappa shape index (κ3) is 3.65. The average Bonchev–Trinajstić information content (AvgIpc) is 2.78. The highest BCUT2D eigenvalue weighted by Crippen LogP contribution is 2.22. The summed E-state index contributed by atoms with van der Waals surface area (Å²) in [5.41, 5.74) is 6.06. The van der Waals surface area contributed by atoms with Crippen molar-refractivity contribution in [3.05, 3.63) is 0 Å². The van der Waals surface area contributed by atoms with Crippen LogP contribution < -0.4 is 5.73 Å². The molecule has 0 aromatic carbocycles. The number of rotatable bonds is 4. The first-order chi connectivity index (χ1) is 8.11. The van der Waals surface area contributed by atoms with E-state index >= 15 is 0 Å². The van der Waals surface area contributed by atoms with Gasteiger partial charge in [0.2, 0.25) is 0 Å². The molecule has 2 heterocycles. The lowest BCUT2D eigenvalue weighted by molar-refractivity contribution is 0.0179. The zero-order valence-corrected chi connectivity index (χ0v) is 11.3. The van der Waals surface area contributed by atoms with Gasteiger partial charge in [0, 0.05) is 32.2 Å². The molecule has 0 amide bonds. The van der Waals surface area contributed by atoms with Gasteiger partial charge in [-0.15, -0.1) is 0 Å². The first kappa shape index (κ1) is 13.3. The van der Waals surface area contributed by atoms with Crippen LogP contribution in [0.3, 0.4) is 0 Å². The summed E-state index contributed by atoms with van der Waals surface area (Å²) in [5.74, 6) is 0. The van der Waals surface area contributed by atoms with Gasteiger partial charge in [-0.2, -0.15) is 0 Å². The van der Waals surface area contributed by atoms with Crippen molar-refractivity contribution in [1.82, 2.24) is 9.80 Å². The number of hydrogen-bond acceptors (Lipinski definition) is 4. The fourth-order valence-corrected chi connectivity index (χ4v) is 2.87. The van der Waals surface area contributed by atoms with Crippen LogP contribution in [-0.2, 0) is 4.74 Å². The molecule has 4 heteroatoms. The van der Waals surface area contributed by atoms with E-state index in [2.05, 4.69) is 23.6 Å². The third-order valence-electron chi connectivity index (χ3n) is 4.01. The van der Waals surface area contributed by atoms with Gasteiger partial charge >= 0.3 is 0 Å². The topological polar surface area (TPSA) is 41.7 Å². The van der Waals surface area contributed by atoms with E-state index in [0.717, 1.165) is 45.4 Å². The lowest BCUT2D eigenvalue weighted by Crippen LogP contribution is -2.45. The summed E-state index contributed by atoms with van der Waals surface area (Å²) in [4.78, 5) is 5.17. The number of morpholine rings is 1. The molecule has 0 saturated carbocycles. The van der Waals surface area contributed by atoms with Crippen molar-refractivity contribution in [3.63, 3.8) is 0 Å². The van der Waals surface area contributed by atoms with Crippen molar-refractivity contribution in [1.29, 1.82) is 0 Å². The zero-order chi connectivity index (χ0) is 12.3. The van der Waals surface area contributed by atoms with Gasteiger partial charge in [0.1, 0.15) is 0 Å². The van der Waals surface area contributed by atoms with Crippen molar-refractivity contribution in [2.45, 2.75) is 26.3 Å². The Kier molecular flexibility index (Phi) is 4.42. The van der Waals surface area contributed by atoms with E-state index in [0.29, 0.717) is 0 Å². The highest BCUT2D eigenvalue weighted by molar-refractivity contribution is 4.87. The summed E-state index contributed by atoms with van der Waals surface area (Å²) >= 11 is 0. The largest absolute Gasteiger partial charge is 0.379 e. The highest BCUT2D eigenvalue weighted by Gasteiger charge is 2.31. The maximum Gasteiger partial charge on any atom is 0.0594 e. The molecule has 1 unspecified atom stereocenters. The summed E-state index contributed by atoms with van der Waals surface area (Å²) in [6, 6.07) is 0.743. The Hall–Kier alpha value is -0.160. The quantitative estimate of drug-likeness (QED) is 0.772. The molecule has 2 rings (SSSR count). The molecule has 0 spiro atoms. The van der Waals surface area contributed by atoms with Gasteiger partial charge in [-0.3, -0.25) is 4.90 Å².